The number of thiophene rings is 1. The monoisotopic (exact) mass is 428 g/mol. The van der Waals surface area contributed by atoms with Crippen molar-refractivity contribution in [3.8, 4) is 0 Å². The Kier molecular flexibility index (Phi) is 5.43. The highest BCUT2D eigenvalue weighted by Gasteiger charge is 2.28. The van der Waals surface area contributed by atoms with Crippen LogP contribution in [-0.2, 0) is 10.0 Å². The van der Waals surface area contributed by atoms with Gasteiger partial charge in [-0.2, -0.15) is 4.31 Å². The summed E-state index contributed by atoms with van der Waals surface area (Å²) in [4.78, 5) is 14.0. The molecule has 1 saturated heterocycles. The molecule has 0 atom stereocenters. The maximum absolute atomic E-state index is 12.3. The maximum atomic E-state index is 12.3. The van der Waals surface area contributed by atoms with Crippen LogP contribution in [0.3, 0.4) is 0 Å². The van der Waals surface area contributed by atoms with Gasteiger partial charge in [-0.05, 0) is 35.1 Å². The zero-order chi connectivity index (χ0) is 14.8. The van der Waals surface area contributed by atoms with Crippen molar-refractivity contribution in [2.24, 2.45) is 0 Å². The van der Waals surface area contributed by atoms with Crippen molar-refractivity contribution in [2.45, 2.75) is 13.3 Å². The summed E-state index contributed by atoms with van der Waals surface area (Å²) in [6, 6.07) is 1.87. The zero-order valence-electron chi connectivity index (χ0n) is 11.2. The van der Waals surface area contributed by atoms with Gasteiger partial charge < -0.3 is 4.90 Å². The van der Waals surface area contributed by atoms with E-state index >= 15 is 0 Å². The minimum atomic E-state index is -3.15. The molecule has 0 unspecified atom stereocenters. The van der Waals surface area contributed by atoms with Crippen LogP contribution in [0.15, 0.2) is 11.4 Å². The minimum absolute atomic E-state index is 0.00305. The molecule has 20 heavy (non-hydrogen) atoms. The first kappa shape index (κ1) is 16.2. The Hall–Kier alpha value is -0.190. The predicted molar refractivity (Wildman–Crippen MR) is 88.6 cm³/mol. The molecular weight excluding hydrogens is 411 g/mol. The normalized spacial score (nSPS) is 17.4. The lowest BCUT2D eigenvalue weighted by Crippen LogP contribution is -2.50. The number of sulfonamides is 1. The molecule has 0 aliphatic carbocycles. The van der Waals surface area contributed by atoms with E-state index in [-0.39, 0.29) is 11.7 Å². The Morgan fingerprint density at radius 3 is 2.50 bits per heavy atom. The fourth-order valence-electron chi connectivity index (χ4n) is 2.16. The second-order valence-corrected chi connectivity index (χ2v) is 9.54. The molecule has 112 valence electrons. The summed E-state index contributed by atoms with van der Waals surface area (Å²) >= 11 is 3.73. The van der Waals surface area contributed by atoms with Crippen molar-refractivity contribution in [3.05, 3.63) is 19.9 Å². The van der Waals surface area contributed by atoms with Crippen LogP contribution in [0.4, 0.5) is 0 Å². The zero-order valence-corrected chi connectivity index (χ0v) is 15.0. The van der Waals surface area contributed by atoms with Crippen LogP contribution in [0, 0.1) is 2.88 Å². The van der Waals surface area contributed by atoms with Crippen LogP contribution in [0.25, 0.3) is 0 Å². The molecule has 8 heteroatoms. The lowest BCUT2D eigenvalue weighted by atomic mass is 10.2. The van der Waals surface area contributed by atoms with Crippen LogP contribution in [0.2, 0.25) is 0 Å². The number of carbonyl (C=O) groups excluding carboxylic acids is 1. The molecule has 2 heterocycles. The van der Waals surface area contributed by atoms with Crippen molar-refractivity contribution in [1.82, 2.24) is 9.21 Å². The summed E-state index contributed by atoms with van der Waals surface area (Å²) in [6.07, 6.45) is 0.620. The Morgan fingerprint density at radius 1 is 1.35 bits per heavy atom. The molecule has 1 aromatic rings. The third kappa shape index (κ3) is 3.71. The van der Waals surface area contributed by atoms with Gasteiger partial charge in [-0.25, -0.2) is 8.42 Å². The largest absolute Gasteiger partial charge is 0.336 e. The first-order chi connectivity index (χ1) is 9.44. The first-order valence-corrected chi connectivity index (χ1v) is 10.0. The van der Waals surface area contributed by atoms with E-state index in [1.165, 1.54) is 4.31 Å². The van der Waals surface area contributed by atoms with E-state index in [4.69, 9.17) is 0 Å². The summed E-state index contributed by atoms with van der Waals surface area (Å²) in [5.41, 5.74) is 0.698. The standard InChI is InChI=1S/C12H17IN2O3S2/c1-2-7-20(17,18)15-5-3-14(4-6-15)12(16)10-8-11(13)19-9-10/h8-9H,2-7H2,1H3. The van der Waals surface area contributed by atoms with Crippen molar-refractivity contribution in [3.63, 3.8) is 0 Å². The van der Waals surface area contributed by atoms with Gasteiger partial charge in [-0.15, -0.1) is 11.3 Å². The quantitative estimate of drug-likeness (QED) is 0.688. The molecule has 1 fully saturated rings. The molecule has 0 saturated carbocycles. The number of carbonyl (C=O) groups is 1. The highest BCUT2D eigenvalue weighted by atomic mass is 127. The number of halogens is 1. The lowest BCUT2D eigenvalue weighted by Gasteiger charge is -2.33. The van der Waals surface area contributed by atoms with E-state index in [9.17, 15) is 13.2 Å². The van der Waals surface area contributed by atoms with Crippen molar-refractivity contribution in [2.75, 3.05) is 31.9 Å². The summed E-state index contributed by atoms with van der Waals surface area (Å²) in [7, 11) is -3.15. The molecule has 0 aromatic carbocycles. The number of rotatable bonds is 4. The molecule has 0 radical (unpaired) electrons. The van der Waals surface area contributed by atoms with Gasteiger partial charge >= 0.3 is 0 Å². The van der Waals surface area contributed by atoms with E-state index < -0.39 is 10.0 Å². The Balaban J connectivity index is 1.96. The molecule has 1 aliphatic rings. The third-order valence-electron chi connectivity index (χ3n) is 3.20. The Bertz CT molecular complexity index is 577. The third-order valence-corrected chi connectivity index (χ3v) is 7.06. The van der Waals surface area contributed by atoms with E-state index in [0.717, 1.165) is 2.88 Å². The molecule has 0 spiro atoms. The molecule has 1 aromatic heterocycles. The predicted octanol–water partition coefficient (Wildman–Crippen LogP) is 1.85. The summed E-state index contributed by atoms with van der Waals surface area (Å²) < 4.78 is 26.5. The van der Waals surface area contributed by atoms with Gasteiger partial charge in [0, 0.05) is 31.6 Å². The molecule has 5 nitrogen and oxygen atoms in total. The number of hydrogen-bond acceptors (Lipinski definition) is 4. The maximum Gasteiger partial charge on any atom is 0.254 e. The summed E-state index contributed by atoms with van der Waals surface area (Å²) in [5, 5.41) is 1.85. The first-order valence-electron chi connectivity index (χ1n) is 6.45. The second-order valence-electron chi connectivity index (χ2n) is 4.65. The van der Waals surface area contributed by atoms with E-state index in [1.54, 1.807) is 16.2 Å². The van der Waals surface area contributed by atoms with Gasteiger partial charge in [-0.1, -0.05) is 6.92 Å². The van der Waals surface area contributed by atoms with Crippen LogP contribution < -0.4 is 0 Å². The molecule has 0 N–H and O–H groups in total. The summed E-state index contributed by atoms with van der Waals surface area (Å²) in [5.74, 6) is 0.181. The van der Waals surface area contributed by atoms with Gasteiger partial charge in [0.05, 0.1) is 14.2 Å². The van der Waals surface area contributed by atoms with E-state index in [1.807, 2.05) is 18.4 Å². The number of amides is 1. The molecule has 2 rings (SSSR count). The topological polar surface area (TPSA) is 57.7 Å². The van der Waals surface area contributed by atoms with Gasteiger partial charge in [0.1, 0.15) is 0 Å². The molecule has 1 amide bonds. The number of hydrogen-bond donors (Lipinski definition) is 0. The van der Waals surface area contributed by atoms with Crippen LogP contribution in [0.1, 0.15) is 23.7 Å². The van der Waals surface area contributed by atoms with E-state index in [0.29, 0.717) is 38.2 Å². The van der Waals surface area contributed by atoms with Crippen LogP contribution >= 0.6 is 33.9 Å². The van der Waals surface area contributed by atoms with Gasteiger partial charge in [0.15, 0.2) is 0 Å². The number of nitrogens with zero attached hydrogens (tertiary/aromatic N) is 2. The van der Waals surface area contributed by atoms with Crippen molar-refractivity contribution >= 4 is 49.9 Å². The molecule has 1 aliphatic heterocycles. The highest BCUT2D eigenvalue weighted by Crippen LogP contribution is 2.19. The number of piperazine rings is 1. The second kappa shape index (κ2) is 6.71. The molecule has 0 bridgehead atoms. The van der Waals surface area contributed by atoms with Crippen LogP contribution in [-0.4, -0.2) is 55.5 Å². The average molecular weight is 428 g/mol. The van der Waals surface area contributed by atoms with Gasteiger partial charge in [-0.3, -0.25) is 4.79 Å². The highest BCUT2D eigenvalue weighted by molar-refractivity contribution is 14.1. The van der Waals surface area contributed by atoms with Gasteiger partial charge in [0.25, 0.3) is 5.91 Å². The minimum Gasteiger partial charge on any atom is -0.336 e. The Labute approximate surface area is 137 Å². The van der Waals surface area contributed by atoms with Crippen molar-refractivity contribution < 1.29 is 13.2 Å². The lowest BCUT2D eigenvalue weighted by molar-refractivity contribution is 0.0698. The summed E-state index contributed by atoms with van der Waals surface area (Å²) in [6.45, 7) is 3.59. The van der Waals surface area contributed by atoms with Crippen LogP contribution in [0.5, 0.6) is 0 Å². The SMILES string of the molecule is CCCS(=O)(=O)N1CCN(C(=O)c2csc(I)c2)CC1. The fraction of sp³-hybridized carbons (Fsp3) is 0.583. The smallest absolute Gasteiger partial charge is 0.254 e. The fourth-order valence-corrected chi connectivity index (χ4v) is 4.98. The van der Waals surface area contributed by atoms with Crippen molar-refractivity contribution in [1.29, 1.82) is 0 Å². The average Bonchev–Trinajstić information content (AvgIpc) is 2.85. The molecular formula is C12H17IN2O3S2. The Morgan fingerprint density at radius 2 is 2.00 bits per heavy atom. The van der Waals surface area contributed by atoms with Gasteiger partial charge in [0.2, 0.25) is 10.0 Å². The van der Waals surface area contributed by atoms with E-state index in [2.05, 4.69) is 22.6 Å².